The van der Waals surface area contributed by atoms with E-state index in [9.17, 15) is 0 Å². The number of pyridine rings is 1. The Balaban J connectivity index is 2.18. The third-order valence-corrected chi connectivity index (χ3v) is 4.36. The topological polar surface area (TPSA) is 24.9 Å². The summed E-state index contributed by atoms with van der Waals surface area (Å²) in [4.78, 5) is 4.38. The molecule has 102 valence electrons. The second-order valence-corrected chi connectivity index (χ2v) is 6.60. The van der Waals surface area contributed by atoms with Gasteiger partial charge in [-0.15, -0.1) is 11.3 Å². The van der Waals surface area contributed by atoms with Crippen LogP contribution in [0.5, 0.6) is 0 Å². The van der Waals surface area contributed by atoms with Crippen LogP contribution in [0.15, 0.2) is 30.5 Å². The molecule has 0 saturated heterocycles. The van der Waals surface area contributed by atoms with Gasteiger partial charge in [-0.05, 0) is 31.2 Å². The molecular weight excluding hydrogens is 299 g/mol. The van der Waals surface area contributed by atoms with E-state index >= 15 is 0 Å². The van der Waals surface area contributed by atoms with Crippen molar-refractivity contribution in [2.75, 3.05) is 6.54 Å². The van der Waals surface area contributed by atoms with Crippen molar-refractivity contribution in [3.05, 3.63) is 50.4 Å². The molecule has 0 aromatic carbocycles. The molecule has 0 fully saturated rings. The molecule has 1 N–H and O–H groups in total. The Morgan fingerprint density at radius 3 is 2.79 bits per heavy atom. The van der Waals surface area contributed by atoms with Crippen molar-refractivity contribution in [1.29, 1.82) is 0 Å². The monoisotopic (exact) mass is 314 g/mol. The average molecular weight is 315 g/mol. The van der Waals surface area contributed by atoms with Crippen molar-refractivity contribution in [3.63, 3.8) is 0 Å². The first-order chi connectivity index (χ1) is 9.20. The summed E-state index contributed by atoms with van der Waals surface area (Å²) in [7, 11) is 0. The van der Waals surface area contributed by atoms with Crippen LogP contribution in [0.2, 0.25) is 8.67 Å². The summed E-state index contributed by atoms with van der Waals surface area (Å²) >= 11 is 13.7. The van der Waals surface area contributed by atoms with Crippen LogP contribution in [0.25, 0.3) is 0 Å². The lowest BCUT2D eigenvalue weighted by Crippen LogP contribution is -2.24. The van der Waals surface area contributed by atoms with E-state index in [1.54, 1.807) is 0 Å². The third kappa shape index (κ3) is 4.18. The van der Waals surface area contributed by atoms with Gasteiger partial charge in [0.25, 0.3) is 0 Å². The van der Waals surface area contributed by atoms with Crippen LogP contribution >= 0.6 is 34.5 Å². The molecule has 0 saturated carbocycles. The van der Waals surface area contributed by atoms with E-state index in [0.717, 1.165) is 39.3 Å². The molecule has 1 unspecified atom stereocenters. The Morgan fingerprint density at radius 1 is 1.37 bits per heavy atom. The lowest BCUT2D eigenvalue weighted by molar-refractivity contribution is 0.526. The van der Waals surface area contributed by atoms with E-state index < -0.39 is 0 Å². The predicted molar refractivity (Wildman–Crippen MR) is 83.3 cm³/mol. The number of aromatic nitrogens is 1. The van der Waals surface area contributed by atoms with Crippen LogP contribution in [0.1, 0.15) is 30.6 Å². The number of hydrogen-bond donors (Lipinski definition) is 1. The van der Waals surface area contributed by atoms with E-state index in [4.69, 9.17) is 23.2 Å². The highest BCUT2D eigenvalue weighted by Gasteiger charge is 2.18. The second-order valence-electron chi connectivity index (χ2n) is 4.31. The molecule has 0 amide bonds. The van der Waals surface area contributed by atoms with Crippen LogP contribution in [-0.4, -0.2) is 11.5 Å². The van der Waals surface area contributed by atoms with Gasteiger partial charge in [0, 0.05) is 29.9 Å². The maximum absolute atomic E-state index is 6.26. The molecule has 0 aliphatic heterocycles. The smallest absolute Gasteiger partial charge is 0.0992 e. The summed E-state index contributed by atoms with van der Waals surface area (Å²) in [6, 6.07) is 8.06. The molecule has 0 bridgehead atoms. The molecule has 2 heterocycles. The van der Waals surface area contributed by atoms with Crippen molar-refractivity contribution in [1.82, 2.24) is 10.3 Å². The van der Waals surface area contributed by atoms with Gasteiger partial charge in [-0.1, -0.05) is 36.2 Å². The second kappa shape index (κ2) is 7.25. The Hall–Kier alpha value is -0.610. The number of hydrogen-bond acceptors (Lipinski definition) is 3. The van der Waals surface area contributed by atoms with Gasteiger partial charge in [0.05, 0.1) is 8.67 Å². The number of halogens is 2. The minimum atomic E-state index is 0.158. The highest BCUT2D eigenvalue weighted by Crippen LogP contribution is 2.36. The lowest BCUT2D eigenvalue weighted by Gasteiger charge is -2.17. The van der Waals surface area contributed by atoms with Crippen molar-refractivity contribution in [3.8, 4) is 0 Å². The van der Waals surface area contributed by atoms with Gasteiger partial charge in [-0.25, -0.2) is 0 Å². The number of rotatable bonds is 6. The lowest BCUT2D eigenvalue weighted by atomic mass is 10.0. The molecule has 2 rings (SSSR count). The van der Waals surface area contributed by atoms with Crippen LogP contribution in [0.4, 0.5) is 0 Å². The molecule has 5 heteroatoms. The Morgan fingerprint density at radius 2 is 2.21 bits per heavy atom. The standard InChI is InChI=1S/C14H16Cl2N2S/c1-2-6-18-12(8-10-5-3-4-7-17-10)11-9-13(15)19-14(11)16/h3-5,7,9,12,18H,2,6,8H2,1H3. The first-order valence-corrected chi connectivity index (χ1v) is 7.86. The largest absolute Gasteiger partial charge is 0.310 e. The summed E-state index contributed by atoms with van der Waals surface area (Å²) in [5, 5.41) is 3.51. The zero-order valence-electron chi connectivity index (χ0n) is 10.7. The Labute approximate surface area is 127 Å². The van der Waals surface area contributed by atoms with Crippen molar-refractivity contribution < 1.29 is 0 Å². The Kier molecular flexibility index (Phi) is 5.64. The van der Waals surface area contributed by atoms with Gasteiger partial charge in [-0.2, -0.15) is 0 Å². The summed E-state index contributed by atoms with van der Waals surface area (Å²) < 4.78 is 1.49. The van der Waals surface area contributed by atoms with Crippen LogP contribution in [0.3, 0.4) is 0 Å². The first kappa shape index (κ1) is 14.8. The Bertz CT molecular complexity index is 513. The minimum Gasteiger partial charge on any atom is -0.310 e. The average Bonchev–Trinajstić information content (AvgIpc) is 2.75. The van der Waals surface area contributed by atoms with Crippen LogP contribution in [-0.2, 0) is 6.42 Å². The summed E-state index contributed by atoms with van der Waals surface area (Å²) in [5.41, 5.74) is 2.12. The molecule has 19 heavy (non-hydrogen) atoms. The molecule has 1 atom stereocenters. The third-order valence-electron chi connectivity index (χ3n) is 2.84. The van der Waals surface area contributed by atoms with E-state index in [1.165, 1.54) is 11.3 Å². The molecule has 2 nitrogen and oxygen atoms in total. The van der Waals surface area contributed by atoms with Gasteiger partial charge in [0.15, 0.2) is 0 Å². The van der Waals surface area contributed by atoms with Gasteiger partial charge < -0.3 is 5.32 Å². The van der Waals surface area contributed by atoms with Gasteiger partial charge in [0.2, 0.25) is 0 Å². The van der Waals surface area contributed by atoms with Gasteiger partial charge in [-0.3, -0.25) is 4.98 Å². The summed E-state index contributed by atoms with van der Waals surface area (Å²) in [6.45, 7) is 3.09. The van der Waals surface area contributed by atoms with E-state index in [1.807, 2.05) is 30.5 Å². The zero-order chi connectivity index (χ0) is 13.7. The fourth-order valence-electron chi connectivity index (χ4n) is 1.93. The predicted octanol–water partition coefficient (Wildman–Crippen LogP) is 4.73. The van der Waals surface area contributed by atoms with Crippen molar-refractivity contribution in [2.45, 2.75) is 25.8 Å². The highest BCUT2D eigenvalue weighted by atomic mass is 35.5. The number of thiophene rings is 1. The van der Waals surface area contributed by atoms with E-state index in [-0.39, 0.29) is 6.04 Å². The molecule has 2 aromatic rings. The van der Waals surface area contributed by atoms with E-state index in [0.29, 0.717) is 0 Å². The molecular formula is C14H16Cl2N2S. The molecule has 0 aliphatic carbocycles. The molecule has 0 radical (unpaired) electrons. The van der Waals surface area contributed by atoms with Crippen molar-refractivity contribution >= 4 is 34.5 Å². The fraction of sp³-hybridized carbons (Fsp3) is 0.357. The maximum Gasteiger partial charge on any atom is 0.0992 e. The minimum absolute atomic E-state index is 0.158. The molecule has 2 aromatic heterocycles. The maximum atomic E-state index is 6.26. The highest BCUT2D eigenvalue weighted by molar-refractivity contribution is 7.20. The SMILES string of the molecule is CCCNC(Cc1ccccn1)c1cc(Cl)sc1Cl. The summed E-state index contributed by atoms with van der Waals surface area (Å²) in [6.07, 6.45) is 3.70. The number of nitrogens with zero attached hydrogens (tertiary/aromatic N) is 1. The summed E-state index contributed by atoms with van der Waals surface area (Å²) in [5.74, 6) is 0. The number of nitrogens with one attached hydrogen (secondary N) is 1. The quantitative estimate of drug-likeness (QED) is 0.833. The normalized spacial score (nSPS) is 12.6. The van der Waals surface area contributed by atoms with E-state index in [2.05, 4.69) is 17.2 Å². The van der Waals surface area contributed by atoms with Gasteiger partial charge >= 0.3 is 0 Å². The molecule has 0 spiro atoms. The first-order valence-electron chi connectivity index (χ1n) is 6.28. The van der Waals surface area contributed by atoms with Gasteiger partial charge in [0.1, 0.15) is 0 Å². The fourth-order valence-corrected chi connectivity index (χ4v) is 3.51. The zero-order valence-corrected chi connectivity index (χ0v) is 13.0. The van der Waals surface area contributed by atoms with Crippen LogP contribution < -0.4 is 5.32 Å². The van der Waals surface area contributed by atoms with Crippen molar-refractivity contribution in [2.24, 2.45) is 0 Å². The van der Waals surface area contributed by atoms with Crippen LogP contribution in [0, 0.1) is 0 Å². The molecule has 0 aliphatic rings.